The van der Waals surface area contributed by atoms with E-state index in [1.54, 1.807) is 12.3 Å². The second-order valence-corrected chi connectivity index (χ2v) is 7.46. The molecule has 4 rings (SSSR count). The molecule has 1 aromatic heterocycles. The summed E-state index contributed by atoms with van der Waals surface area (Å²) in [6.07, 6.45) is 3.65. The van der Waals surface area contributed by atoms with E-state index in [0.29, 0.717) is 6.54 Å². The van der Waals surface area contributed by atoms with Crippen LogP contribution in [0.5, 0.6) is 11.5 Å². The first-order valence-electron chi connectivity index (χ1n) is 10.6. The molecular formula is C26H23F2N3O3. The zero-order valence-electron chi connectivity index (χ0n) is 18.4. The summed E-state index contributed by atoms with van der Waals surface area (Å²) in [5.41, 5.74) is 3.93. The summed E-state index contributed by atoms with van der Waals surface area (Å²) in [5, 5.41) is 7.02. The van der Waals surface area contributed by atoms with Crippen molar-refractivity contribution in [1.82, 2.24) is 15.1 Å². The molecule has 1 heterocycles. The topological polar surface area (TPSA) is 65.4 Å². The highest BCUT2D eigenvalue weighted by molar-refractivity contribution is 5.97. The Bertz CT molecular complexity index is 1240. The maximum absolute atomic E-state index is 12.9. The van der Waals surface area contributed by atoms with Crippen LogP contribution in [0.25, 0.3) is 11.1 Å². The fraction of sp³-hybridized carbons (Fsp3) is 0.154. The molecule has 0 saturated carbocycles. The molecule has 0 aliphatic carbocycles. The van der Waals surface area contributed by atoms with Gasteiger partial charge in [0, 0.05) is 18.9 Å². The number of amides is 1. The number of hydrogen-bond acceptors (Lipinski definition) is 4. The van der Waals surface area contributed by atoms with Crippen molar-refractivity contribution in [2.45, 2.75) is 19.7 Å². The van der Waals surface area contributed by atoms with Gasteiger partial charge in [0.05, 0.1) is 19.2 Å². The van der Waals surface area contributed by atoms with E-state index in [-0.39, 0.29) is 23.6 Å². The van der Waals surface area contributed by atoms with Gasteiger partial charge in [-0.3, -0.25) is 9.48 Å². The molecule has 174 valence electrons. The molecular weight excluding hydrogens is 440 g/mol. The molecule has 4 aromatic rings. The first-order valence-corrected chi connectivity index (χ1v) is 10.6. The predicted octanol–water partition coefficient (Wildman–Crippen LogP) is 5.14. The van der Waals surface area contributed by atoms with E-state index in [1.807, 2.05) is 65.5 Å². The summed E-state index contributed by atoms with van der Waals surface area (Å²) in [4.78, 5) is 12.8. The van der Waals surface area contributed by atoms with Gasteiger partial charge in [-0.1, -0.05) is 54.6 Å². The highest BCUT2D eigenvalue weighted by Gasteiger charge is 2.20. The number of ether oxygens (including phenoxy) is 2. The largest absolute Gasteiger partial charge is 0.493 e. The van der Waals surface area contributed by atoms with Gasteiger partial charge < -0.3 is 14.8 Å². The normalized spacial score (nSPS) is 10.8. The van der Waals surface area contributed by atoms with E-state index in [1.165, 1.54) is 19.2 Å². The molecule has 6 nitrogen and oxygen atoms in total. The molecule has 0 aliphatic heterocycles. The fourth-order valence-corrected chi connectivity index (χ4v) is 3.66. The first-order chi connectivity index (χ1) is 16.5. The smallest absolute Gasteiger partial charge is 0.387 e. The number of carbonyl (C=O) groups is 1. The summed E-state index contributed by atoms with van der Waals surface area (Å²) in [7, 11) is 1.33. The Kier molecular flexibility index (Phi) is 7.17. The Balaban J connectivity index is 1.51. The van der Waals surface area contributed by atoms with Crippen LogP contribution in [0.1, 0.15) is 21.5 Å². The van der Waals surface area contributed by atoms with Gasteiger partial charge in [-0.05, 0) is 40.5 Å². The second-order valence-electron chi connectivity index (χ2n) is 7.46. The van der Waals surface area contributed by atoms with Gasteiger partial charge in [-0.2, -0.15) is 13.9 Å². The lowest BCUT2D eigenvalue weighted by Gasteiger charge is -2.15. The predicted molar refractivity (Wildman–Crippen MR) is 124 cm³/mol. The highest BCUT2D eigenvalue weighted by Crippen LogP contribution is 2.32. The van der Waals surface area contributed by atoms with Crippen molar-refractivity contribution < 1.29 is 23.0 Å². The van der Waals surface area contributed by atoms with Crippen LogP contribution in [-0.2, 0) is 13.1 Å². The van der Waals surface area contributed by atoms with Crippen LogP contribution in [0.2, 0.25) is 0 Å². The molecule has 0 spiro atoms. The van der Waals surface area contributed by atoms with Crippen molar-refractivity contribution >= 4 is 5.91 Å². The van der Waals surface area contributed by atoms with Crippen molar-refractivity contribution in [1.29, 1.82) is 0 Å². The van der Waals surface area contributed by atoms with Gasteiger partial charge in [-0.15, -0.1) is 0 Å². The summed E-state index contributed by atoms with van der Waals surface area (Å²) in [6, 6.07) is 22.1. The van der Waals surface area contributed by atoms with E-state index in [4.69, 9.17) is 4.74 Å². The van der Waals surface area contributed by atoms with Gasteiger partial charge in [0.1, 0.15) is 0 Å². The fourth-order valence-electron chi connectivity index (χ4n) is 3.66. The number of hydrogen-bond donors (Lipinski definition) is 1. The summed E-state index contributed by atoms with van der Waals surface area (Å²) < 4.78 is 37.3. The first kappa shape index (κ1) is 23.0. The SMILES string of the molecule is COc1cccc(C(=O)NCc2ccccc2-c2ccc(Cn3cccn3)cc2)c1OC(F)F. The number of aromatic nitrogens is 2. The number of alkyl halides is 2. The molecule has 0 atom stereocenters. The van der Waals surface area contributed by atoms with Crippen molar-refractivity contribution in [3.8, 4) is 22.6 Å². The van der Waals surface area contributed by atoms with E-state index >= 15 is 0 Å². The maximum atomic E-state index is 12.9. The number of methoxy groups -OCH3 is 1. The lowest BCUT2D eigenvalue weighted by Crippen LogP contribution is -2.24. The summed E-state index contributed by atoms with van der Waals surface area (Å²) in [6.45, 7) is -2.20. The highest BCUT2D eigenvalue weighted by atomic mass is 19.3. The van der Waals surface area contributed by atoms with Crippen molar-refractivity contribution in [3.05, 3.63) is 102 Å². The molecule has 0 fully saturated rings. The number of nitrogens with zero attached hydrogens (tertiary/aromatic N) is 2. The van der Waals surface area contributed by atoms with E-state index in [2.05, 4.69) is 15.2 Å². The molecule has 34 heavy (non-hydrogen) atoms. The third-order valence-corrected chi connectivity index (χ3v) is 5.28. The van der Waals surface area contributed by atoms with Crippen molar-refractivity contribution in [2.24, 2.45) is 0 Å². The maximum Gasteiger partial charge on any atom is 0.387 e. The molecule has 0 radical (unpaired) electrons. The molecule has 3 aromatic carbocycles. The van der Waals surface area contributed by atoms with Crippen molar-refractivity contribution in [2.75, 3.05) is 7.11 Å². The lowest BCUT2D eigenvalue weighted by molar-refractivity contribution is -0.0515. The van der Waals surface area contributed by atoms with Crippen LogP contribution in [0.4, 0.5) is 8.78 Å². The minimum absolute atomic E-state index is 0.0277. The number of nitrogens with one attached hydrogen (secondary N) is 1. The zero-order chi connectivity index (χ0) is 23.9. The van der Waals surface area contributed by atoms with E-state index < -0.39 is 12.5 Å². The molecule has 8 heteroatoms. The van der Waals surface area contributed by atoms with Crippen LogP contribution in [-0.4, -0.2) is 29.4 Å². The Labute approximate surface area is 195 Å². The van der Waals surface area contributed by atoms with Crippen LogP contribution in [0.3, 0.4) is 0 Å². The summed E-state index contributed by atoms with van der Waals surface area (Å²) in [5.74, 6) is -0.777. The Morgan fingerprint density at radius 3 is 2.53 bits per heavy atom. The average Bonchev–Trinajstić information content (AvgIpc) is 3.36. The quantitative estimate of drug-likeness (QED) is 0.373. The lowest BCUT2D eigenvalue weighted by atomic mass is 9.98. The van der Waals surface area contributed by atoms with E-state index in [9.17, 15) is 13.6 Å². The number of rotatable bonds is 9. The Hall–Kier alpha value is -4.20. The number of benzene rings is 3. The Morgan fingerprint density at radius 1 is 1.03 bits per heavy atom. The van der Waals surface area contributed by atoms with Crippen molar-refractivity contribution in [3.63, 3.8) is 0 Å². The zero-order valence-corrected chi connectivity index (χ0v) is 18.4. The van der Waals surface area contributed by atoms with Gasteiger partial charge >= 0.3 is 6.61 Å². The van der Waals surface area contributed by atoms with Gasteiger partial charge in [0.2, 0.25) is 0 Å². The minimum Gasteiger partial charge on any atom is -0.493 e. The Morgan fingerprint density at radius 2 is 1.82 bits per heavy atom. The number of para-hydroxylation sites is 1. The van der Waals surface area contributed by atoms with Crippen LogP contribution in [0.15, 0.2) is 85.2 Å². The van der Waals surface area contributed by atoms with Crippen LogP contribution >= 0.6 is 0 Å². The van der Waals surface area contributed by atoms with E-state index in [0.717, 1.165) is 22.3 Å². The van der Waals surface area contributed by atoms with Crippen LogP contribution < -0.4 is 14.8 Å². The van der Waals surface area contributed by atoms with Gasteiger partial charge in [-0.25, -0.2) is 0 Å². The van der Waals surface area contributed by atoms with Gasteiger partial charge in [0.25, 0.3) is 5.91 Å². The monoisotopic (exact) mass is 463 g/mol. The molecule has 0 saturated heterocycles. The molecule has 0 unspecified atom stereocenters. The molecule has 0 bridgehead atoms. The summed E-state index contributed by atoms with van der Waals surface area (Å²) >= 11 is 0. The molecule has 0 aliphatic rings. The minimum atomic E-state index is -3.08. The number of halogens is 2. The average molecular weight is 463 g/mol. The second kappa shape index (κ2) is 10.6. The third kappa shape index (κ3) is 5.40. The van der Waals surface area contributed by atoms with Crippen LogP contribution in [0, 0.1) is 0 Å². The number of carbonyl (C=O) groups excluding carboxylic acids is 1. The van der Waals surface area contributed by atoms with Gasteiger partial charge in [0.15, 0.2) is 11.5 Å². The molecule has 1 N–H and O–H groups in total. The molecule has 1 amide bonds. The third-order valence-electron chi connectivity index (χ3n) is 5.28. The standard InChI is InChI=1S/C26H23F2N3O3/c1-33-23-9-4-8-22(24(23)34-26(27)28)25(32)29-16-20-6-2-3-7-21(20)19-12-10-18(11-13-19)17-31-15-5-14-30-31/h2-15,26H,16-17H2,1H3,(H,29,32).